The number of hydrogen-bond acceptors (Lipinski definition) is 4. The first kappa shape index (κ1) is 18.6. The number of halogens is 1. The van der Waals surface area contributed by atoms with E-state index in [0.717, 1.165) is 19.3 Å². The second-order valence-corrected chi connectivity index (χ2v) is 9.09. The summed E-state index contributed by atoms with van der Waals surface area (Å²) in [5, 5.41) is 0.500. The van der Waals surface area contributed by atoms with E-state index in [1.807, 2.05) is 0 Å². The Labute approximate surface area is 154 Å². The zero-order chi connectivity index (χ0) is 18.0. The van der Waals surface area contributed by atoms with E-state index in [-0.39, 0.29) is 22.6 Å². The van der Waals surface area contributed by atoms with Gasteiger partial charge in [0.2, 0.25) is 15.9 Å². The molecular formula is C17H24ClN3O3S. The Hall–Kier alpha value is -1.15. The highest BCUT2D eigenvalue weighted by molar-refractivity contribution is 7.89. The minimum atomic E-state index is -3.55. The van der Waals surface area contributed by atoms with Gasteiger partial charge in [-0.2, -0.15) is 4.31 Å². The van der Waals surface area contributed by atoms with E-state index in [1.54, 1.807) is 17.0 Å². The van der Waals surface area contributed by atoms with Crippen LogP contribution in [0.1, 0.15) is 19.3 Å². The zero-order valence-electron chi connectivity index (χ0n) is 14.1. The molecule has 138 valence electrons. The molecule has 0 aromatic heterocycles. The number of carbonyl (C=O) groups is 1. The summed E-state index contributed by atoms with van der Waals surface area (Å²) in [5.74, 6) is 0.407. The average Bonchev–Trinajstić information content (AvgIpc) is 3.10. The van der Waals surface area contributed by atoms with Gasteiger partial charge in [-0.15, -0.1) is 0 Å². The molecule has 1 heterocycles. The van der Waals surface area contributed by atoms with Gasteiger partial charge in [-0.1, -0.05) is 18.0 Å². The third-order valence-electron chi connectivity index (χ3n) is 5.28. The fourth-order valence-electron chi connectivity index (χ4n) is 3.78. The average molecular weight is 386 g/mol. The van der Waals surface area contributed by atoms with Crippen LogP contribution < -0.4 is 5.73 Å². The van der Waals surface area contributed by atoms with Gasteiger partial charge in [-0.25, -0.2) is 8.42 Å². The number of rotatable bonds is 4. The first-order valence-corrected chi connectivity index (χ1v) is 10.5. The van der Waals surface area contributed by atoms with Crippen molar-refractivity contribution in [3.05, 3.63) is 29.3 Å². The molecular weight excluding hydrogens is 362 g/mol. The van der Waals surface area contributed by atoms with Crippen LogP contribution in [0.25, 0.3) is 0 Å². The second kappa shape index (κ2) is 7.61. The number of hydrogen-bond donors (Lipinski definition) is 1. The Kier molecular flexibility index (Phi) is 5.68. The van der Waals surface area contributed by atoms with E-state index >= 15 is 0 Å². The van der Waals surface area contributed by atoms with Crippen molar-refractivity contribution in [2.45, 2.75) is 24.2 Å². The van der Waals surface area contributed by atoms with Crippen LogP contribution in [0.4, 0.5) is 0 Å². The van der Waals surface area contributed by atoms with Gasteiger partial charge in [0.1, 0.15) is 0 Å². The second-order valence-electron chi connectivity index (χ2n) is 6.72. The van der Waals surface area contributed by atoms with Gasteiger partial charge in [0, 0.05) is 37.1 Å². The third kappa shape index (κ3) is 3.84. The van der Waals surface area contributed by atoms with Crippen LogP contribution in [0.2, 0.25) is 5.02 Å². The quantitative estimate of drug-likeness (QED) is 0.852. The summed E-state index contributed by atoms with van der Waals surface area (Å²) >= 11 is 5.83. The predicted octanol–water partition coefficient (Wildman–Crippen LogP) is 1.55. The van der Waals surface area contributed by atoms with Crippen molar-refractivity contribution in [3.63, 3.8) is 0 Å². The first-order valence-electron chi connectivity index (χ1n) is 8.68. The molecule has 2 N–H and O–H groups in total. The van der Waals surface area contributed by atoms with Crippen LogP contribution in [0.3, 0.4) is 0 Å². The lowest BCUT2D eigenvalue weighted by molar-refractivity contribution is -0.137. The molecule has 3 rings (SSSR count). The van der Waals surface area contributed by atoms with Gasteiger partial charge in [0.05, 0.1) is 4.90 Å². The molecule has 0 bridgehead atoms. The summed E-state index contributed by atoms with van der Waals surface area (Å²) in [6.45, 7) is 2.04. The molecule has 6 nitrogen and oxygen atoms in total. The molecule has 2 atom stereocenters. The topological polar surface area (TPSA) is 83.7 Å². The minimum absolute atomic E-state index is 0.00409. The SMILES string of the molecule is NC[C@H]1CCC[C@H]1C(=O)N1CCN(S(=O)(=O)c2ccc(Cl)cc2)CC1. The summed E-state index contributed by atoms with van der Waals surface area (Å²) in [4.78, 5) is 14.8. The molecule has 0 unspecified atom stereocenters. The van der Waals surface area contributed by atoms with Crippen LogP contribution in [0.15, 0.2) is 29.2 Å². The van der Waals surface area contributed by atoms with E-state index in [1.165, 1.54) is 16.4 Å². The van der Waals surface area contributed by atoms with Gasteiger partial charge in [0.25, 0.3) is 0 Å². The summed E-state index contributed by atoms with van der Waals surface area (Å²) in [5.41, 5.74) is 5.78. The van der Waals surface area contributed by atoms with Crippen LogP contribution >= 0.6 is 11.6 Å². The Balaban J connectivity index is 1.63. The molecule has 0 radical (unpaired) electrons. The highest BCUT2D eigenvalue weighted by Crippen LogP contribution is 2.32. The number of piperazine rings is 1. The fourth-order valence-corrected chi connectivity index (χ4v) is 5.33. The number of carbonyl (C=O) groups excluding carboxylic acids is 1. The molecule has 1 saturated heterocycles. The molecule has 1 aliphatic heterocycles. The summed E-state index contributed by atoms with van der Waals surface area (Å²) < 4.78 is 26.8. The van der Waals surface area contributed by atoms with Crippen molar-refractivity contribution >= 4 is 27.5 Å². The van der Waals surface area contributed by atoms with Gasteiger partial charge >= 0.3 is 0 Å². The molecule has 1 saturated carbocycles. The van der Waals surface area contributed by atoms with Gasteiger partial charge < -0.3 is 10.6 Å². The van der Waals surface area contributed by atoms with E-state index in [0.29, 0.717) is 37.7 Å². The van der Waals surface area contributed by atoms with E-state index < -0.39 is 10.0 Å². The number of sulfonamides is 1. The van der Waals surface area contributed by atoms with Crippen LogP contribution in [0.5, 0.6) is 0 Å². The van der Waals surface area contributed by atoms with Crippen molar-refractivity contribution in [3.8, 4) is 0 Å². The lowest BCUT2D eigenvalue weighted by atomic mass is 9.94. The van der Waals surface area contributed by atoms with E-state index in [2.05, 4.69) is 0 Å². The zero-order valence-corrected chi connectivity index (χ0v) is 15.7. The normalized spacial score (nSPS) is 25.3. The Bertz CT molecular complexity index is 715. The number of nitrogens with zero attached hydrogens (tertiary/aromatic N) is 2. The van der Waals surface area contributed by atoms with Gasteiger partial charge in [-0.05, 0) is 49.6 Å². The Morgan fingerprint density at radius 2 is 1.76 bits per heavy atom. The number of amides is 1. The minimum Gasteiger partial charge on any atom is -0.340 e. The lowest BCUT2D eigenvalue weighted by Crippen LogP contribution is -2.52. The summed E-state index contributed by atoms with van der Waals surface area (Å²) in [6.07, 6.45) is 2.95. The fraction of sp³-hybridized carbons (Fsp3) is 0.588. The van der Waals surface area contributed by atoms with Crippen LogP contribution in [-0.2, 0) is 14.8 Å². The maximum Gasteiger partial charge on any atom is 0.243 e. The van der Waals surface area contributed by atoms with Crippen molar-refractivity contribution in [1.29, 1.82) is 0 Å². The molecule has 1 amide bonds. The lowest BCUT2D eigenvalue weighted by Gasteiger charge is -2.36. The molecule has 1 aromatic rings. The van der Waals surface area contributed by atoms with Crippen molar-refractivity contribution in [1.82, 2.24) is 9.21 Å². The third-order valence-corrected chi connectivity index (χ3v) is 7.45. The van der Waals surface area contributed by atoms with Crippen LogP contribution in [0, 0.1) is 11.8 Å². The summed E-state index contributed by atoms with van der Waals surface area (Å²) in [7, 11) is -3.55. The van der Waals surface area contributed by atoms with Gasteiger partial charge in [0.15, 0.2) is 0 Å². The molecule has 8 heteroatoms. The molecule has 0 spiro atoms. The highest BCUT2D eigenvalue weighted by atomic mass is 35.5. The van der Waals surface area contributed by atoms with Gasteiger partial charge in [-0.3, -0.25) is 4.79 Å². The standard InChI is InChI=1S/C17H24ClN3O3S/c18-14-4-6-15(7-5-14)25(23,24)21-10-8-20(9-11-21)17(22)16-3-1-2-13(16)12-19/h4-7,13,16H,1-3,8-12,19H2/t13-,16-/m1/s1. The predicted molar refractivity (Wildman–Crippen MR) is 96.7 cm³/mol. The first-order chi connectivity index (χ1) is 11.9. The molecule has 2 fully saturated rings. The monoisotopic (exact) mass is 385 g/mol. The largest absolute Gasteiger partial charge is 0.340 e. The van der Waals surface area contributed by atoms with Crippen molar-refractivity contribution in [2.75, 3.05) is 32.7 Å². The Morgan fingerprint density at radius 3 is 2.36 bits per heavy atom. The Morgan fingerprint density at radius 1 is 1.12 bits per heavy atom. The maximum atomic E-state index is 12.7. The summed E-state index contributed by atoms with van der Waals surface area (Å²) in [6, 6.07) is 6.17. The molecule has 2 aliphatic rings. The molecule has 25 heavy (non-hydrogen) atoms. The molecule has 1 aliphatic carbocycles. The maximum absolute atomic E-state index is 12.7. The highest BCUT2D eigenvalue weighted by Gasteiger charge is 2.37. The van der Waals surface area contributed by atoms with E-state index in [4.69, 9.17) is 17.3 Å². The van der Waals surface area contributed by atoms with Crippen molar-refractivity contribution < 1.29 is 13.2 Å². The molecule has 1 aromatic carbocycles. The number of benzene rings is 1. The smallest absolute Gasteiger partial charge is 0.243 e. The van der Waals surface area contributed by atoms with Crippen molar-refractivity contribution in [2.24, 2.45) is 17.6 Å². The number of nitrogens with two attached hydrogens (primary N) is 1. The van der Waals surface area contributed by atoms with E-state index in [9.17, 15) is 13.2 Å². The van der Waals surface area contributed by atoms with Crippen LogP contribution in [-0.4, -0.2) is 56.3 Å².